The number of aromatic nitrogens is 2. The molecule has 12 N–H and O–H groups in total. The first-order chi connectivity index (χ1) is 12.4. The summed E-state index contributed by atoms with van der Waals surface area (Å²) in [5.74, 6) is -3.73. The molecule has 0 aliphatic heterocycles. The van der Waals surface area contributed by atoms with Gasteiger partial charge < -0.3 is 43.2 Å². The lowest BCUT2D eigenvalue weighted by Crippen LogP contribution is -2.34. The van der Waals surface area contributed by atoms with Gasteiger partial charge in [0.05, 0.1) is 12.7 Å². The number of carboxylic acid groups (broad SMARTS) is 3. The van der Waals surface area contributed by atoms with Crippen LogP contribution in [0, 0.1) is 0 Å². The number of rotatable bonds is 8. The lowest BCUT2D eigenvalue weighted by Gasteiger charge is -2.02. The summed E-state index contributed by atoms with van der Waals surface area (Å²) in [5, 5.41) is 24.5. The summed E-state index contributed by atoms with van der Waals surface area (Å²) in [6.45, 7) is 0. The molecule has 1 heterocycles. The van der Waals surface area contributed by atoms with E-state index in [2.05, 4.69) is 28.3 Å². The minimum absolute atomic E-state index is 0.190. The van der Waals surface area contributed by atoms with Crippen molar-refractivity contribution in [3.63, 3.8) is 0 Å². The summed E-state index contributed by atoms with van der Waals surface area (Å²) in [4.78, 5) is 46.4. The van der Waals surface area contributed by atoms with Crippen molar-refractivity contribution in [3.05, 3.63) is 18.2 Å². The first-order valence-corrected chi connectivity index (χ1v) is 7.87. The van der Waals surface area contributed by atoms with Gasteiger partial charge in [-0.25, -0.2) is 4.98 Å². The van der Waals surface area contributed by atoms with E-state index in [-0.39, 0.29) is 18.6 Å². The zero-order valence-corrected chi connectivity index (χ0v) is 15.1. The summed E-state index contributed by atoms with van der Waals surface area (Å²) < 4.78 is 0. The zero-order chi connectivity index (χ0) is 21.6. The minimum atomic E-state index is -1.21. The van der Waals surface area contributed by atoms with E-state index in [0.717, 1.165) is 5.69 Å². The number of imidazole rings is 1. The van der Waals surface area contributed by atoms with E-state index in [0.29, 0.717) is 0 Å². The Kier molecular flexibility index (Phi) is 14.2. The summed E-state index contributed by atoms with van der Waals surface area (Å²) >= 11 is 3.65. The number of aliphatic carboxylic acids is 3. The fraction of sp³-hybridized carbons (Fsp3) is 0.462. The molecule has 1 amide bonds. The molecule has 1 rings (SSSR count). The van der Waals surface area contributed by atoms with Gasteiger partial charge in [-0.15, -0.1) is 0 Å². The average Bonchev–Trinajstić information content (AvgIpc) is 3.07. The Hall–Kier alpha value is -2.68. The van der Waals surface area contributed by atoms with Gasteiger partial charge in [-0.05, 0) is 0 Å². The third-order valence-electron chi connectivity index (χ3n) is 2.56. The van der Waals surface area contributed by atoms with Crippen molar-refractivity contribution in [2.24, 2.45) is 22.9 Å². The summed E-state index contributed by atoms with van der Waals surface area (Å²) in [5.41, 5.74) is 20.5. The molecule has 13 nitrogen and oxygen atoms in total. The van der Waals surface area contributed by atoms with Crippen LogP contribution < -0.4 is 22.9 Å². The number of carbonyl (C=O) groups excluding carboxylic acids is 1. The van der Waals surface area contributed by atoms with Crippen molar-refractivity contribution >= 4 is 36.4 Å². The highest BCUT2D eigenvalue weighted by molar-refractivity contribution is 7.80. The number of carboxylic acids is 3. The monoisotopic (exact) mass is 408 g/mol. The Bertz CT molecular complexity index is 598. The zero-order valence-electron chi connectivity index (χ0n) is 14.2. The molecule has 14 heteroatoms. The largest absolute Gasteiger partial charge is 0.480 e. The number of carbonyl (C=O) groups is 4. The molecular weight excluding hydrogens is 384 g/mol. The SMILES string of the molecule is NC(=O)C[C@H](N)C(=O)O.N[C@@H](CS)C(=O)O.N[C@@H](Cc1cnc[nH]1)C(=O)O. The number of aromatic amines is 1. The lowest BCUT2D eigenvalue weighted by atomic mass is 10.2. The summed E-state index contributed by atoms with van der Waals surface area (Å²) in [7, 11) is 0. The Balaban J connectivity index is 0. The van der Waals surface area contributed by atoms with Crippen LogP contribution in [-0.2, 0) is 25.6 Å². The van der Waals surface area contributed by atoms with Crippen molar-refractivity contribution in [2.75, 3.05) is 5.75 Å². The van der Waals surface area contributed by atoms with Gasteiger partial charge in [-0.1, -0.05) is 0 Å². The molecule has 3 atom stereocenters. The summed E-state index contributed by atoms with van der Waals surface area (Å²) in [6, 6.07) is -2.83. The van der Waals surface area contributed by atoms with Crippen LogP contribution in [0.4, 0.5) is 0 Å². The Labute approximate surface area is 159 Å². The van der Waals surface area contributed by atoms with Gasteiger partial charge in [0, 0.05) is 24.1 Å². The number of nitrogens with zero attached hydrogens (tertiary/aromatic N) is 1. The molecule has 154 valence electrons. The predicted octanol–water partition coefficient (Wildman–Crippen LogP) is -3.03. The van der Waals surface area contributed by atoms with Gasteiger partial charge in [0.2, 0.25) is 5.91 Å². The second-order valence-corrected chi connectivity index (χ2v) is 5.33. The molecular formula is C13H24N6O7S. The van der Waals surface area contributed by atoms with Gasteiger partial charge in [-0.3, -0.25) is 19.2 Å². The van der Waals surface area contributed by atoms with E-state index in [1.54, 1.807) is 6.20 Å². The number of H-pyrrole nitrogens is 1. The fourth-order valence-corrected chi connectivity index (χ4v) is 1.26. The van der Waals surface area contributed by atoms with E-state index in [1.165, 1.54) is 6.33 Å². The van der Waals surface area contributed by atoms with E-state index < -0.39 is 41.9 Å². The van der Waals surface area contributed by atoms with E-state index in [4.69, 9.17) is 32.5 Å². The van der Waals surface area contributed by atoms with Crippen molar-refractivity contribution in [1.29, 1.82) is 0 Å². The van der Waals surface area contributed by atoms with Crippen LogP contribution in [0.5, 0.6) is 0 Å². The van der Waals surface area contributed by atoms with Crippen molar-refractivity contribution < 1.29 is 34.5 Å². The van der Waals surface area contributed by atoms with Gasteiger partial charge in [0.1, 0.15) is 18.1 Å². The molecule has 0 aliphatic rings. The molecule has 0 unspecified atom stereocenters. The average molecular weight is 408 g/mol. The second-order valence-electron chi connectivity index (χ2n) is 4.97. The number of hydrogen-bond acceptors (Lipinski definition) is 9. The number of amides is 1. The van der Waals surface area contributed by atoms with Crippen LogP contribution in [0.3, 0.4) is 0 Å². The van der Waals surface area contributed by atoms with Crippen LogP contribution in [0.25, 0.3) is 0 Å². The van der Waals surface area contributed by atoms with E-state index in [1.807, 2.05) is 0 Å². The van der Waals surface area contributed by atoms with E-state index in [9.17, 15) is 19.2 Å². The van der Waals surface area contributed by atoms with Crippen LogP contribution in [0.1, 0.15) is 12.1 Å². The van der Waals surface area contributed by atoms with E-state index >= 15 is 0 Å². The Morgan fingerprint density at radius 2 is 1.48 bits per heavy atom. The highest BCUT2D eigenvalue weighted by Crippen LogP contribution is 1.95. The maximum atomic E-state index is 10.3. The third-order valence-corrected chi connectivity index (χ3v) is 2.96. The van der Waals surface area contributed by atoms with Crippen molar-refractivity contribution in [3.8, 4) is 0 Å². The topological polar surface area (TPSA) is 262 Å². The number of hydrogen-bond donors (Lipinski definition) is 9. The van der Waals surface area contributed by atoms with Gasteiger partial charge in [0.15, 0.2) is 0 Å². The quantitative estimate of drug-likeness (QED) is 0.195. The Morgan fingerprint density at radius 3 is 1.70 bits per heavy atom. The molecule has 0 saturated heterocycles. The molecule has 0 aliphatic carbocycles. The number of thiol groups is 1. The van der Waals surface area contributed by atoms with Crippen molar-refractivity contribution in [2.45, 2.75) is 31.0 Å². The fourth-order valence-electron chi connectivity index (χ4n) is 1.10. The first-order valence-electron chi connectivity index (χ1n) is 7.23. The highest BCUT2D eigenvalue weighted by atomic mass is 32.1. The van der Waals surface area contributed by atoms with Crippen molar-refractivity contribution in [1.82, 2.24) is 9.97 Å². The third kappa shape index (κ3) is 15.3. The minimum Gasteiger partial charge on any atom is -0.480 e. The second kappa shape index (κ2) is 14.5. The molecule has 0 fully saturated rings. The number of nitrogens with one attached hydrogen (secondary N) is 1. The van der Waals surface area contributed by atoms with Gasteiger partial charge >= 0.3 is 17.9 Å². The molecule has 1 aromatic heterocycles. The maximum absolute atomic E-state index is 10.3. The van der Waals surface area contributed by atoms with Crippen LogP contribution >= 0.6 is 12.6 Å². The summed E-state index contributed by atoms with van der Waals surface area (Å²) in [6.07, 6.45) is 3.03. The lowest BCUT2D eigenvalue weighted by molar-refractivity contribution is -0.140. The normalized spacial score (nSPS) is 12.9. The van der Waals surface area contributed by atoms with Crippen LogP contribution in [0.2, 0.25) is 0 Å². The first kappa shape index (κ1) is 26.5. The Morgan fingerprint density at radius 1 is 1.00 bits per heavy atom. The predicted molar refractivity (Wildman–Crippen MR) is 96.8 cm³/mol. The number of primary amides is 1. The number of nitrogens with two attached hydrogens (primary N) is 4. The highest BCUT2D eigenvalue weighted by Gasteiger charge is 2.13. The molecule has 0 saturated carbocycles. The van der Waals surface area contributed by atoms with Gasteiger partial charge in [-0.2, -0.15) is 12.6 Å². The smallest absolute Gasteiger partial charge is 0.321 e. The molecule has 0 radical (unpaired) electrons. The van der Waals surface area contributed by atoms with Gasteiger partial charge in [0.25, 0.3) is 0 Å². The standard InChI is InChI=1S/C6H9N3O2.C4H8N2O3.C3H7NO2S/c7-5(6(10)11)1-4-2-8-3-9-4;5-2(4(8)9)1-3(6)7;4-2(1-7)3(5)6/h2-3,5H,1,7H2,(H,8,9)(H,10,11);2H,1,5H2,(H2,6,7)(H,8,9);2,7H,1,4H2,(H,5,6)/t5-;2*2-/m000/s1. The van der Waals surface area contributed by atoms with Crippen LogP contribution in [-0.4, -0.2) is 73.0 Å². The molecule has 1 aromatic rings. The maximum Gasteiger partial charge on any atom is 0.321 e. The molecule has 27 heavy (non-hydrogen) atoms. The molecule has 0 bridgehead atoms. The molecule has 0 spiro atoms. The molecule has 0 aromatic carbocycles. The van der Waals surface area contributed by atoms with Crippen LogP contribution in [0.15, 0.2) is 12.5 Å².